The van der Waals surface area contributed by atoms with Crippen molar-refractivity contribution >= 4 is 17.8 Å². The van der Waals surface area contributed by atoms with Gasteiger partial charge in [0.1, 0.15) is 17.7 Å². The van der Waals surface area contributed by atoms with Gasteiger partial charge in [-0.05, 0) is 31.0 Å². The molecule has 3 rings (SSSR count). The second-order valence-electron chi connectivity index (χ2n) is 6.32. The SMILES string of the molecule is CN(C)c1ccnc(NC(=O)N2CCC[C@@H]2C[C@H](O)c2ccco2)n1. The van der Waals surface area contributed by atoms with Crippen LogP contribution < -0.4 is 10.2 Å². The molecule has 0 saturated carbocycles. The predicted molar refractivity (Wildman–Crippen MR) is 93.4 cm³/mol. The van der Waals surface area contributed by atoms with Gasteiger partial charge in [-0.2, -0.15) is 4.98 Å². The van der Waals surface area contributed by atoms with Crippen molar-refractivity contribution in [3.8, 4) is 0 Å². The van der Waals surface area contributed by atoms with Crippen molar-refractivity contribution in [2.45, 2.75) is 31.4 Å². The second kappa shape index (κ2) is 7.52. The lowest BCUT2D eigenvalue weighted by molar-refractivity contribution is 0.110. The molecule has 8 nitrogen and oxygen atoms in total. The van der Waals surface area contributed by atoms with E-state index in [1.807, 2.05) is 19.0 Å². The number of hydrogen-bond acceptors (Lipinski definition) is 6. The van der Waals surface area contributed by atoms with Gasteiger partial charge >= 0.3 is 6.03 Å². The molecular weight excluding hydrogens is 322 g/mol. The summed E-state index contributed by atoms with van der Waals surface area (Å²) in [6.45, 7) is 0.648. The van der Waals surface area contributed by atoms with Crippen LogP contribution in [0.15, 0.2) is 35.1 Å². The number of carbonyl (C=O) groups excluding carboxylic acids is 1. The van der Waals surface area contributed by atoms with Crippen LogP contribution in [0.1, 0.15) is 31.1 Å². The van der Waals surface area contributed by atoms with E-state index in [1.54, 1.807) is 29.3 Å². The van der Waals surface area contributed by atoms with Gasteiger partial charge in [0.05, 0.1) is 6.26 Å². The Morgan fingerprint density at radius 2 is 2.36 bits per heavy atom. The number of aromatic nitrogens is 2. The van der Waals surface area contributed by atoms with Crippen LogP contribution >= 0.6 is 0 Å². The van der Waals surface area contributed by atoms with Crippen molar-refractivity contribution in [2.75, 3.05) is 30.9 Å². The predicted octanol–water partition coefficient (Wildman–Crippen LogP) is 2.26. The molecule has 8 heteroatoms. The zero-order valence-electron chi connectivity index (χ0n) is 14.4. The van der Waals surface area contributed by atoms with Gasteiger partial charge in [0, 0.05) is 39.3 Å². The first-order chi connectivity index (χ1) is 12.0. The number of aliphatic hydroxyl groups is 1. The number of anilines is 2. The van der Waals surface area contributed by atoms with Gasteiger partial charge in [-0.3, -0.25) is 5.32 Å². The van der Waals surface area contributed by atoms with E-state index in [0.29, 0.717) is 18.7 Å². The summed E-state index contributed by atoms with van der Waals surface area (Å²) < 4.78 is 5.24. The molecule has 1 aliphatic rings. The molecule has 0 spiro atoms. The van der Waals surface area contributed by atoms with Crippen molar-refractivity contribution in [3.63, 3.8) is 0 Å². The smallest absolute Gasteiger partial charge is 0.324 e. The van der Waals surface area contributed by atoms with Gasteiger partial charge in [0.2, 0.25) is 5.95 Å². The molecule has 0 aromatic carbocycles. The molecule has 2 atom stereocenters. The van der Waals surface area contributed by atoms with Crippen molar-refractivity contribution < 1.29 is 14.3 Å². The summed E-state index contributed by atoms with van der Waals surface area (Å²) in [6.07, 6.45) is 4.62. The van der Waals surface area contributed by atoms with Crippen molar-refractivity contribution in [1.29, 1.82) is 0 Å². The molecule has 2 aromatic rings. The van der Waals surface area contributed by atoms with Crippen LogP contribution in [0.2, 0.25) is 0 Å². The zero-order chi connectivity index (χ0) is 17.8. The Kier molecular flexibility index (Phi) is 5.18. The third-order valence-electron chi connectivity index (χ3n) is 4.32. The molecule has 2 amide bonds. The molecule has 2 N–H and O–H groups in total. The van der Waals surface area contributed by atoms with E-state index in [-0.39, 0.29) is 18.0 Å². The highest BCUT2D eigenvalue weighted by atomic mass is 16.4. The average molecular weight is 345 g/mol. The average Bonchev–Trinajstić information content (AvgIpc) is 3.26. The molecule has 1 fully saturated rings. The van der Waals surface area contributed by atoms with E-state index >= 15 is 0 Å². The fourth-order valence-electron chi connectivity index (χ4n) is 3.03. The standard InChI is InChI=1S/C17H23N5O3/c1-21(2)15-7-8-18-16(19-15)20-17(24)22-9-3-5-12(22)11-13(23)14-6-4-10-25-14/h4,6-8,10,12-13,23H,3,5,9,11H2,1-2H3,(H,18,19,20,24)/t12-,13+/m1/s1. The van der Waals surface area contributed by atoms with Gasteiger partial charge in [0.25, 0.3) is 0 Å². The Balaban J connectivity index is 1.63. The maximum Gasteiger partial charge on any atom is 0.324 e. The van der Waals surface area contributed by atoms with Gasteiger partial charge < -0.3 is 19.3 Å². The monoisotopic (exact) mass is 345 g/mol. The van der Waals surface area contributed by atoms with Crippen LogP contribution in [-0.2, 0) is 0 Å². The molecule has 1 saturated heterocycles. The van der Waals surface area contributed by atoms with E-state index in [1.165, 1.54) is 6.26 Å². The van der Waals surface area contributed by atoms with Gasteiger partial charge in [-0.1, -0.05) is 0 Å². The number of nitrogens with one attached hydrogen (secondary N) is 1. The zero-order valence-corrected chi connectivity index (χ0v) is 14.4. The van der Waals surface area contributed by atoms with Crippen molar-refractivity contribution in [3.05, 3.63) is 36.4 Å². The fourth-order valence-corrected chi connectivity index (χ4v) is 3.03. The number of furan rings is 1. The number of urea groups is 1. The van der Waals surface area contributed by atoms with E-state index in [0.717, 1.165) is 18.7 Å². The first-order valence-corrected chi connectivity index (χ1v) is 8.34. The number of aliphatic hydroxyl groups excluding tert-OH is 1. The molecule has 134 valence electrons. The molecule has 0 unspecified atom stereocenters. The van der Waals surface area contributed by atoms with E-state index in [2.05, 4.69) is 15.3 Å². The van der Waals surface area contributed by atoms with Crippen molar-refractivity contribution in [1.82, 2.24) is 14.9 Å². The van der Waals surface area contributed by atoms with E-state index in [4.69, 9.17) is 4.42 Å². The minimum Gasteiger partial charge on any atom is -0.467 e. The number of carbonyl (C=O) groups is 1. The summed E-state index contributed by atoms with van der Waals surface area (Å²) in [4.78, 5) is 24.6. The number of hydrogen-bond donors (Lipinski definition) is 2. The molecule has 2 aromatic heterocycles. The van der Waals surface area contributed by atoms with Crippen LogP contribution in [0.25, 0.3) is 0 Å². The van der Waals surface area contributed by atoms with Gasteiger partial charge in [-0.15, -0.1) is 0 Å². The third-order valence-corrected chi connectivity index (χ3v) is 4.32. The highest BCUT2D eigenvalue weighted by molar-refractivity contribution is 5.88. The Bertz CT molecular complexity index is 704. The quantitative estimate of drug-likeness (QED) is 0.863. The Hall–Kier alpha value is -2.61. The lowest BCUT2D eigenvalue weighted by atomic mass is 10.1. The molecule has 1 aliphatic heterocycles. The topological polar surface area (TPSA) is 94.7 Å². The number of rotatable bonds is 5. The number of amides is 2. The Morgan fingerprint density at radius 3 is 3.08 bits per heavy atom. The molecule has 0 aliphatic carbocycles. The first-order valence-electron chi connectivity index (χ1n) is 8.34. The normalized spacial score (nSPS) is 18.2. The second-order valence-corrected chi connectivity index (χ2v) is 6.32. The minimum atomic E-state index is -0.721. The van der Waals surface area contributed by atoms with Crippen LogP contribution in [-0.4, -0.2) is 52.7 Å². The molecular formula is C17H23N5O3. The largest absolute Gasteiger partial charge is 0.467 e. The Morgan fingerprint density at radius 1 is 1.52 bits per heavy atom. The first kappa shape index (κ1) is 17.2. The highest BCUT2D eigenvalue weighted by Crippen LogP contribution is 2.28. The van der Waals surface area contributed by atoms with Gasteiger partial charge in [0.15, 0.2) is 0 Å². The summed E-state index contributed by atoms with van der Waals surface area (Å²) in [5.41, 5.74) is 0. The lowest BCUT2D eigenvalue weighted by Gasteiger charge is -2.26. The number of likely N-dealkylation sites (tertiary alicyclic amines) is 1. The Labute approximate surface area is 146 Å². The van der Waals surface area contributed by atoms with Crippen LogP contribution in [0.3, 0.4) is 0 Å². The summed E-state index contributed by atoms with van der Waals surface area (Å²) >= 11 is 0. The molecule has 0 bridgehead atoms. The maximum absolute atomic E-state index is 12.6. The molecule has 25 heavy (non-hydrogen) atoms. The third kappa shape index (κ3) is 4.08. The lowest BCUT2D eigenvalue weighted by Crippen LogP contribution is -2.39. The molecule has 3 heterocycles. The highest BCUT2D eigenvalue weighted by Gasteiger charge is 2.31. The molecule has 0 radical (unpaired) electrons. The van der Waals surface area contributed by atoms with E-state index in [9.17, 15) is 9.90 Å². The van der Waals surface area contributed by atoms with Crippen LogP contribution in [0.4, 0.5) is 16.6 Å². The van der Waals surface area contributed by atoms with E-state index < -0.39 is 6.10 Å². The summed E-state index contributed by atoms with van der Waals surface area (Å²) in [5.74, 6) is 1.51. The maximum atomic E-state index is 12.6. The summed E-state index contributed by atoms with van der Waals surface area (Å²) in [7, 11) is 3.75. The summed E-state index contributed by atoms with van der Waals surface area (Å²) in [5, 5.41) is 13.0. The fraction of sp³-hybridized carbons (Fsp3) is 0.471. The summed E-state index contributed by atoms with van der Waals surface area (Å²) in [6, 6.07) is 4.97. The van der Waals surface area contributed by atoms with Crippen molar-refractivity contribution in [2.24, 2.45) is 0 Å². The van der Waals surface area contributed by atoms with Crippen LogP contribution in [0, 0.1) is 0 Å². The van der Waals surface area contributed by atoms with Crippen LogP contribution in [0.5, 0.6) is 0 Å². The van der Waals surface area contributed by atoms with Gasteiger partial charge in [-0.25, -0.2) is 9.78 Å². The number of nitrogens with zero attached hydrogens (tertiary/aromatic N) is 4. The minimum absolute atomic E-state index is 0.0443.